The van der Waals surface area contributed by atoms with Crippen molar-refractivity contribution in [1.82, 2.24) is 15.1 Å². The molecule has 3 nitrogen and oxygen atoms in total. The van der Waals surface area contributed by atoms with Gasteiger partial charge in [-0.3, -0.25) is 9.80 Å². The fraction of sp³-hybridized carbons (Fsp3) is 0.846. The highest BCUT2D eigenvalue weighted by molar-refractivity contribution is 4.95. The van der Waals surface area contributed by atoms with Crippen LogP contribution in [-0.4, -0.2) is 60.6 Å². The summed E-state index contributed by atoms with van der Waals surface area (Å²) in [5, 5.41) is 3.61. The van der Waals surface area contributed by atoms with E-state index in [1.807, 2.05) is 6.08 Å². The fourth-order valence-electron chi connectivity index (χ4n) is 2.88. The molecule has 92 valence electrons. The van der Waals surface area contributed by atoms with Crippen molar-refractivity contribution in [1.29, 1.82) is 0 Å². The molecule has 0 bridgehead atoms. The quantitative estimate of drug-likeness (QED) is 0.718. The third kappa shape index (κ3) is 2.84. The fourth-order valence-corrected chi connectivity index (χ4v) is 2.88. The van der Waals surface area contributed by atoms with Crippen LogP contribution in [-0.2, 0) is 0 Å². The van der Waals surface area contributed by atoms with Gasteiger partial charge in [0.05, 0.1) is 0 Å². The molecule has 0 aromatic rings. The van der Waals surface area contributed by atoms with Crippen molar-refractivity contribution in [3.63, 3.8) is 0 Å². The van der Waals surface area contributed by atoms with Crippen LogP contribution in [0.25, 0.3) is 0 Å². The van der Waals surface area contributed by atoms with Crippen LogP contribution >= 0.6 is 0 Å². The second-order valence-corrected chi connectivity index (χ2v) is 5.75. The van der Waals surface area contributed by atoms with E-state index in [9.17, 15) is 0 Å². The third-order valence-electron chi connectivity index (χ3n) is 3.87. The lowest BCUT2D eigenvalue weighted by atomic mass is 10.0. The largest absolute Gasteiger partial charge is 0.310 e. The first kappa shape index (κ1) is 12.1. The Bertz CT molecular complexity index is 242. The number of hydrogen-bond acceptors (Lipinski definition) is 3. The van der Waals surface area contributed by atoms with E-state index in [0.29, 0.717) is 5.54 Å². The van der Waals surface area contributed by atoms with Crippen molar-refractivity contribution < 1.29 is 0 Å². The number of hydrogen-bond donors (Lipinski definition) is 1. The summed E-state index contributed by atoms with van der Waals surface area (Å²) in [6.45, 7) is 15.5. The maximum absolute atomic E-state index is 3.81. The van der Waals surface area contributed by atoms with E-state index < -0.39 is 0 Å². The highest BCUT2D eigenvalue weighted by Gasteiger charge is 2.34. The van der Waals surface area contributed by atoms with Gasteiger partial charge in [-0.2, -0.15) is 0 Å². The van der Waals surface area contributed by atoms with Gasteiger partial charge in [0.15, 0.2) is 0 Å². The Kier molecular flexibility index (Phi) is 3.67. The molecule has 2 heterocycles. The number of rotatable bonds is 3. The predicted molar refractivity (Wildman–Crippen MR) is 68.7 cm³/mol. The van der Waals surface area contributed by atoms with E-state index in [1.165, 1.54) is 32.6 Å². The molecule has 1 N–H and O–H groups in total. The maximum Gasteiger partial charge on any atom is 0.0239 e. The van der Waals surface area contributed by atoms with Crippen molar-refractivity contribution in [3.8, 4) is 0 Å². The molecule has 0 aliphatic carbocycles. The lowest BCUT2D eigenvalue weighted by Crippen LogP contribution is -2.50. The minimum absolute atomic E-state index is 0.336. The zero-order chi connectivity index (χ0) is 11.6. The van der Waals surface area contributed by atoms with Crippen LogP contribution in [0.15, 0.2) is 12.7 Å². The lowest BCUT2D eigenvalue weighted by Gasteiger charge is -2.37. The molecule has 1 unspecified atom stereocenters. The minimum atomic E-state index is 0.336. The topological polar surface area (TPSA) is 18.5 Å². The van der Waals surface area contributed by atoms with Crippen molar-refractivity contribution in [2.75, 3.05) is 39.3 Å². The Hall–Kier alpha value is -0.380. The summed E-state index contributed by atoms with van der Waals surface area (Å²) in [5.41, 5.74) is 0.336. The summed E-state index contributed by atoms with van der Waals surface area (Å²) in [7, 11) is 0. The Morgan fingerprint density at radius 2 is 2.00 bits per heavy atom. The van der Waals surface area contributed by atoms with Crippen LogP contribution in [0.4, 0.5) is 0 Å². The molecule has 0 aromatic carbocycles. The third-order valence-corrected chi connectivity index (χ3v) is 3.87. The molecule has 2 aliphatic rings. The van der Waals surface area contributed by atoms with E-state index in [2.05, 4.69) is 35.5 Å². The van der Waals surface area contributed by atoms with Crippen LogP contribution in [0.3, 0.4) is 0 Å². The predicted octanol–water partition coefficient (Wildman–Crippen LogP) is 0.930. The second-order valence-electron chi connectivity index (χ2n) is 5.75. The molecule has 3 heteroatoms. The van der Waals surface area contributed by atoms with E-state index in [4.69, 9.17) is 0 Å². The first-order chi connectivity index (χ1) is 7.61. The standard InChI is InChI=1S/C13H25N3/c1-4-5-15-6-8-16(9-7-15)12-10-13(2,3)14-11-12/h4,12,14H,1,5-11H2,2-3H3. The van der Waals surface area contributed by atoms with Crippen molar-refractivity contribution in [2.24, 2.45) is 0 Å². The molecule has 0 amide bonds. The number of nitrogens with zero attached hydrogens (tertiary/aromatic N) is 2. The highest BCUT2D eigenvalue weighted by atomic mass is 15.3. The van der Waals surface area contributed by atoms with Crippen LogP contribution in [0.2, 0.25) is 0 Å². The average molecular weight is 223 g/mol. The Labute approximate surface area is 99.5 Å². The molecule has 2 fully saturated rings. The number of piperazine rings is 1. The Balaban J connectivity index is 1.79. The monoisotopic (exact) mass is 223 g/mol. The summed E-state index contributed by atoms with van der Waals surface area (Å²) in [6.07, 6.45) is 3.30. The first-order valence-corrected chi connectivity index (χ1v) is 6.43. The maximum atomic E-state index is 3.81. The molecule has 0 saturated carbocycles. The molecule has 2 saturated heterocycles. The van der Waals surface area contributed by atoms with Gasteiger partial charge in [-0.1, -0.05) is 6.08 Å². The van der Waals surface area contributed by atoms with E-state index in [1.54, 1.807) is 0 Å². The average Bonchev–Trinajstić information content (AvgIpc) is 2.61. The SMILES string of the molecule is C=CCN1CCN(C2CNC(C)(C)C2)CC1. The molecule has 16 heavy (non-hydrogen) atoms. The molecule has 0 radical (unpaired) electrons. The molecule has 0 spiro atoms. The van der Waals surface area contributed by atoms with E-state index >= 15 is 0 Å². The van der Waals surface area contributed by atoms with Crippen LogP contribution in [0.5, 0.6) is 0 Å². The van der Waals surface area contributed by atoms with Gasteiger partial charge in [0, 0.05) is 50.8 Å². The van der Waals surface area contributed by atoms with Gasteiger partial charge in [0.1, 0.15) is 0 Å². The zero-order valence-electron chi connectivity index (χ0n) is 10.7. The van der Waals surface area contributed by atoms with Gasteiger partial charge in [-0.05, 0) is 20.3 Å². The van der Waals surface area contributed by atoms with Gasteiger partial charge in [0.2, 0.25) is 0 Å². The first-order valence-electron chi connectivity index (χ1n) is 6.43. The summed E-state index contributed by atoms with van der Waals surface area (Å²) in [6, 6.07) is 0.751. The van der Waals surface area contributed by atoms with Gasteiger partial charge in [-0.15, -0.1) is 6.58 Å². The highest BCUT2D eigenvalue weighted by Crippen LogP contribution is 2.22. The van der Waals surface area contributed by atoms with Crippen LogP contribution < -0.4 is 5.32 Å². The smallest absolute Gasteiger partial charge is 0.0239 e. The zero-order valence-corrected chi connectivity index (χ0v) is 10.7. The van der Waals surface area contributed by atoms with Crippen molar-refractivity contribution in [3.05, 3.63) is 12.7 Å². The summed E-state index contributed by atoms with van der Waals surface area (Å²) in [4.78, 5) is 5.14. The van der Waals surface area contributed by atoms with Crippen LogP contribution in [0, 0.1) is 0 Å². The number of nitrogens with one attached hydrogen (secondary N) is 1. The van der Waals surface area contributed by atoms with Gasteiger partial charge in [0.25, 0.3) is 0 Å². The molecular formula is C13H25N3. The van der Waals surface area contributed by atoms with E-state index in [0.717, 1.165) is 19.1 Å². The van der Waals surface area contributed by atoms with Gasteiger partial charge < -0.3 is 5.32 Å². The summed E-state index contributed by atoms with van der Waals surface area (Å²) < 4.78 is 0. The minimum Gasteiger partial charge on any atom is -0.310 e. The van der Waals surface area contributed by atoms with Gasteiger partial charge in [-0.25, -0.2) is 0 Å². The lowest BCUT2D eigenvalue weighted by molar-refractivity contribution is 0.108. The van der Waals surface area contributed by atoms with Gasteiger partial charge >= 0.3 is 0 Å². The normalized spacial score (nSPS) is 31.8. The molecule has 0 aromatic heterocycles. The molecular weight excluding hydrogens is 198 g/mol. The molecule has 2 aliphatic heterocycles. The van der Waals surface area contributed by atoms with Crippen molar-refractivity contribution >= 4 is 0 Å². The Morgan fingerprint density at radius 3 is 2.50 bits per heavy atom. The van der Waals surface area contributed by atoms with Crippen LogP contribution in [0.1, 0.15) is 20.3 Å². The summed E-state index contributed by atoms with van der Waals surface area (Å²) >= 11 is 0. The molecule has 1 atom stereocenters. The summed E-state index contributed by atoms with van der Waals surface area (Å²) in [5.74, 6) is 0. The Morgan fingerprint density at radius 1 is 1.31 bits per heavy atom. The van der Waals surface area contributed by atoms with Crippen molar-refractivity contribution in [2.45, 2.75) is 31.8 Å². The van der Waals surface area contributed by atoms with E-state index in [-0.39, 0.29) is 0 Å². The molecule has 2 rings (SSSR count). The second kappa shape index (κ2) is 4.86.